The fourth-order valence-corrected chi connectivity index (χ4v) is 5.16. The van der Waals surface area contributed by atoms with E-state index in [0.717, 1.165) is 63.3 Å². The molecule has 0 radical (unpaired) electrons. The number of aromatic nitrogens is 3. The molecule has 0 saturated carbocycles. The molecule has 0 spiro atoms. The highest BCUT2D eigenvalue weighted by Gasteiger charge is 2.23. The Balaban J connectivity index is 1.32. The van der Waals surface area contributed by atoms with E-state index in [1.54, 1.807) is 6.26 Å². The maximum Gasteiger partial charge on any atom is 0.296 e. The van der Waals surface area contributed by atoms with Crippen LogP contribution in [0.4, 0.5) is 5.69 Å². The van der Waals surface area contributed by atoms with Crippen LogP contribution in [0.5, 0.6) is 6.01 Å². The largest absolute Gasteiger partial charge is 0.461 e. The van der Waals surface area contributed by atoms with Gasteiger partial charge in [0.1, 0.15) is 6.10 Å². The van der Waals surface area contributed by atoms with Crippen molar-refractivity contribution >= 4 is 39.4 Å². The molecule has 8 nitrogen and oxygen atoms in total. The van der Waals surface area contributed by atoms with Crippen LogP contribution in [0.2, 0.25) is 5.02 Å². The number of benzene rings is 1. The first kappa shape index (κ1) is 21.6. The summed E-state index contributed by atoms with van der Waals surface area (Å²) < 4.78 is 25.0. The van der Waals surface area contributed by atoms with E-state index < -0.39 is 11.0 Å². The van der Waals surface area contributed by atoms with Gasteiger partial charge in [-0.25, -0.2) is 13.5 Å². The van der Waals surface area contributed by atoms with Crippen LogP contribution >= 0.6 is 11.6 Å². The van der Waals surface area contributed by atoms with Gasteiger partial charge in [0.15, 0.2) is 5.65 Å². The van der Waals surface area contributed by atoms with Crippen molar-refractivity contribution in [2.45, 2.75) is 18.9 Å². The molecule has 2 aliphatic rings. The molecule has 1 aromatic carbocycles. The summed E-state index contributed by atoms with van der Waals surface area (Å²) in [5, 5.41) is 0.561. The average Bonchev–Trinajstić information content (AvgIpc) is 3.20. The molecule has 1 unspecified atom stereocenters. The van der Waals surface area contributed by atoms with Crippen molar-refractivity contribution in [3.8, 4) is 17.3 Å². The summed E-state index contributed by atoms with van der Waals surface area (Å²) in [5.41, 5.74) is 4.13. The molecule has 1 N–H and O–H groups in total. The number of hydrogen-bond acceptors (Lipinski definition) is 6. The predicted octanol–water partition coefficient (Wildman–Crippen LogP) is 3.25. The van der Waals surface area contributed by atoms with Crippen LogP contribution in [0, 0.1) is 0 Å². The topological polar surface area (TPSA) is 83.6 Å². The van der Waals surface area contributed by atoms with Gasteiger partial charge in [0.05, 0.1) is 40.4 Å². The number of halogens is 1. The number of nitrogens with one attached hydrogen (secondary N) is 1. The molecular formula is C22H26ClN5O3S. The third kappa shape index (κ3) is 4.61. The van der Waals surface area contributed by atoms with Crippen molar-refractivity contribution in [1.29, 1.82) is 0 Å². The summed E-state index contributed by atoms with van der Waals surface area (Å²) in [6, 6.07) is 10.6. The Hall–Kier alpha value is -2.20. The monoisotopic (exact) mass is 475 g/mol. The van der Waals surface area contributed by atoms with E-state index in [1.807, 2.05) is 22.5 Å². The highest BCUT2D eigenvalue weighted by Crippen LogP contribution is 2.31. The van der Waals surface area contributed by atoms with Crippen molar-refractivity contribution < 1.29 is 13.7 Å². The normalized spacial score (nSPS) is 19.4. The highest BCUT2D eigenvalue weighted by atomic mass is 35.5. The van der Waals surface area contributed by atoms with Crippen LogP contribution in [0.15, 0.2) is 30.3 Å². The van der Waals surface area contributed by atoms with Gasteiger partial charge in [-0.1, -0.05) is 23.7 Å². The van der Waals surface area contributed by atoms with E-state index in [4.69, 9.17) is 26.1 Å². The molecule has 2 aliphatic heterocycles. The molecule has 10 heteroatoms. The second-order valence-electron chi connectivity index (χ2n) is 8.05. The lowest BCUT2D eigenvalue weighted by atomic mass is 10.1. The van der Waals surface area contributed by atoms with E-state index in [0.29, 0.717) is 22.4 Å². The maximum absolute atomic E-state index is 11.6. The number of hydrogen-bond donors (Lipinski definition) is 1. The fourth-order valence-electron chi connectivity index (χ4n) is 4.17. The third-order valence-corrected chi connectivity index (χ3v) is 7.35. The highest BCUT2D eigenvalue weighted by molar-refractivity contribution is 7.81. The first-order valence-electron chi connectivity index (χ1n) is 10.8. The summed E-state index contributed by atoms with van der Waals surface area (Å²) in [5.74, 6) is 0. The molecule has 2 fully saturated rings. The second kappa shape index (κ2) is 9.35. The summed E-state index contributed by atoms with van der Waals surface area (Å²) in [7, 11) is -0.931. The SMILES string of the molecule is CS(=O)N1CCC(Oc2nc3nc(-c4ccc(N5CCOCC5)cc4)c(Cl)cc3[nH]2)CC1. The molecule has 0 bridgehead atoms. The number of piperidine rings is 1. The van der Waals surface area contributed by atoms with Gasteiger partial charge in [0.25, 0.3) is 6.01 Å². The van der Waals surface area contributed by atoms with Gasteiger partial charge < -0.3 is 19.4 Å². The first-order chi connectivity index (χ1) is 15.6. The van der Waals surface area contributed by atoms with E-state index in [-0.39, 0.29) is 6.10 Å². The minimum absolute atomic E-state index is 0.0398. The van der Waals surface area contributed by atoms with E-state index in [2.05, 4.69) is 27.0 Å². The Morgan fingerprint density at radius 3 is 2.53 bits per heavy atom. The molecule has 32 heavy (non-hydrogen) atoms. The molecule has 5 rings (SSSR count). The Bertz CT molecular complexity index is 1110. The molecule has 3 aromatic rings. The maximum atomic E-state index is 11.6. The van der Waals surface area contributed by atoms with Crippen LogP contribution in [0.1, 0.15) is 12.8 Å². The Morgan fingerprint density at radius 1 is 1.12 bits per heavy atom. The number of anilines is 1. The van der Waals surface area contributed by atoms with Crippen LogP contribution in [-0.2, 0) is 15.7 Å². The van der Waals surface area contributed by atoms with E-state index >= 15 is 0 Å². The number of nitrogens with zero attached hydrogens (tertiary/aromatic N) is 4. The lowest BCUT2D eigenvalue weighted by Crippen LogP contribution is -2.38. The van der Waals surface area contributed by atoms with Gasteiger partial charge in [0.2, 0.25) is 0 Å². The summed E-state index contributed by atoms with van der Waals surface area (Å²) >= 11 is 6.56. The van der Waals surface area contributed by atoms with Crippen molar-refractivity contribution in [2.24, 2.45) is 0 Å². The lowest BCUT2D eigenvalue weighted by Gasteiger charge is -2.29. The zero-order valence-electron chi connectivity index (χ0n) is 17.9. The number of rotatable bonds is 5. The van der Waals surface area contributed by atoms with E-state index in [9.17, 15) is 4.21 Å². The predicted molar refractivity (Wildman–Crippen MR) is 127 cm³/mol. The molecular weight excluding hydrogens is 450 g/mol. The van der Waals surface area contributed by atoms with Gasteiger partial charge in [-0.3, -0.25) is 0 Å². The van der Waals surface area contributed by atoms with Gasteiger partial charge in [-0.2, -0.15) is 4.98 Å². The Labute approximate surface area is 194 Å². The number of aromatic amines is 1. The van der Waals surface area contributed by atoms with Gasteiger partial charge in [0, 0.05) is 43.7 Å². The fraction of sp³-hybridized carbons (Fsp3) is 0.455. The van der Waals surface area contributed by atoms with Crippen LogP contribution in [-0.4, -0.2) is 75.2 Å². The molecule has 0 amide bonds. The second-order valence-corrected chi connectivity index (χ2v) is 9.82. The van der Waals surface area contributed by atoms with Crippen LogP contribution in [0.25, 0.3) is 22.4 Å². The third-order valence-electron chi connectivity index (χ3n) is 5.96. The van der Waals surface area contributed by atoms with Crippen LogP contribution < -0.4 is 9.64 Å². The van der Waals surface area contributed by atoms with Gasteiger partial charge >= 0.3 is 0 Å². The molecule has 170 valence electrons. The summed E-state index contributed by atoms with van der Waals surface area (Å²) in [4.78, 5) is 14.7. The number of imidazole rings is 1. The standard InChI is InChI=1S/C22H26ClN5O3S/c1-32(29)28-8-6-17(7-9-28)31-22-24-19-14-18(23)20(25-21(19)26-22)15-2-4-16(5-3-15)27-10-12-30-13-11-27/h2-5,14,17H,6-13H2,1H3,(H,24,25,26). The average molecular weight is 476 g/mol. The van der Waals surface area contributed by atoms with Crippen molar-refractivity contribution in [2.75, 3.05) is 50.5 Å². The van der Waals surface area contributed by atoms with E-state index in [1.165, 1.54) is 5.69 Å². The smallest absolute Gasteiger partial charge is 0.296 e. The number of morpholine rings is 1. The molecule has 2 aromatic heterocycles. The summed E-state index contributed by atoms with van der Waals surface area (Å²) in [6.45, 7) is 4.82. The zero-order valence-corrected chi connectivity index (χ0v) is 19.5. The summed E-state index contributed by atoms with van der Waals surface area (Å²) in [6.07, 6.45) is 3.37. The van der Waals surface area contributed by atoms with Crippen molar-refractivity contribution in [3.63, 3.8) is 0 Å². The lowest BCUT2D eigenvalue weighted by molar-refractivity contribution is 0.122. The first-order valence-corrected chi connectivity index (χ1v) is 12.7. The Morgan fingerprint density at radius 2 is 1.84 bits per heavy atom. The minimum atomic E-state index is -0.931. The number of fused-ring (bicyclic) bond motifs is 1. The van der Waals surface area contributed by atoms with Gasteiger partial charge in [-0.05, 0) is 31.0 Å². The number of ether oxygens (including phenoxy) is 2. The molecule has 1 atom stereocenters. The van der Waals surface area contributed by atoms with Crippen molar-refractivity contribution in [3.05, 3.63) is 35.4 Å². The van der Waals surface area contributed by atoms with Crippen LogP contribution in [0.3, 0.4) is 0 Å². The zero-order chi connectivity index (χ0) is 22.1. The van der Waals surface area contributed by atoms with Crippen molar-refractivity contribution in [1.82, 2.24) is 19.3 Å². The molecule has 4 heterocycles. The Kier molecular flexibility index (Phi) is 6.32. The molecule has 2 saturated heterocycles. The quantitative estimate of drug-likeness (QED) is 0.610. The minimum Gasteiger partial charge on any atom is -0.461 e. The number of H-pyrrole nitrogens is 1. The van der Waals surface area contributed by atoms with Gasteiger partial charge in [-0.15, -0.1) is 0 Å². The number of pyridine rings is 1. The molecule has 0 aliphatic carbocycles.